The second-order valence-corrected chi connectivity index (χ2v) is 5.66. The topological polar surface area (TPSA) is 82.5 Å². The molecule has 1 rings (SSSR count). The Morgan fingerprint density at radius 1 is 1.47 bits per heavy atom. The maximum Gasteiger partial charge on any atom is 0.326 e. The Labute approximate surface area is 116 Å². The number of hydrogen-bond acceptors (Lipinski definition) is 5. The highest BCUT2D eigenvalue weighted by Crippen LogP contribution is 2.18. The van der Waals surface area contributed by atoms with Crippen molar-refractivity contribution in [3.8, 4) is 0 Å². The first-order valence-corrected chi connectivity index (χ1v) is 6.83. The van der Waals surface area contributed by atoms with Gasteiger partial charge in [-0.05, 0) is 5.92 Å². The van der Waals surface area contributed by atoms with Crippen molar-refractivity contribution in [3.05, 3.63) is 11.1 Å². The van der Waals surface area contributed by atoms with E-state index in [1.54, 1.807) is 19.2 Å². The van der Waals surface area contributed by atoms with E-state index in [9.17, 15) is 9.59 Å². The lowest BCUT2D eigenvalue weighted by atomic mass is 10.0. The number of carboxylic acids is 1. The molecule has 0 saturated heterocycles. The lowest BCUT2D eigenvalue weighted by Gasteiger charge is -2.17. The molecule has 106 valence electrons. The quantitative estimate of drug-likeness (QED) is 0.814. The molecule has 0 aromatic carbocycles. The van der Waals surface area contributed by atoms with E-state index in [0.29, 0.717) is 5.69 Å². The summed E-state index contributed by atoms with van der Waals surface area (Å²) >= 11 is 1.45. The number of nitrogens with one attached hydrogen (secondary N) is 1. The number of carbonyl (C=O) groups excluding carboxylic acids is 1. The molecule has 1 unspecified atom stereocenters. The van der Waals surface area contributed by atoms with Gasteiger partial charge < -0.3 is 15.3 Å². The number of thiazole rings is 1. The molecule has 0 aliphatic rings. The highest BCUT2D eigenvalue weighted by atomic mass is 32.1. The standard InChI is InChI=1S/C12H19N3O3S/c1-7(2)10(11(17)18)14-9(16)5-8-6-19-12(13-8)15(3)4/h6-7,10H,5H2,1-4H3,(H,14,16)(H,17,18). The molecule has 1 heterocycles. The van der Waals surface area contributed by atoms with Crippen LogP contribution in [0.4, 0.5) is 5.13 Å². The Balaban J connectivity index is 2.61. The average Bonchev–Trinajstić information content (AvgIpc) is 2.73. The molecule has 0 spiro atoms. The number of rotatable bonds is 6. The van der Waals surface area contributed by atoms with Gasteiger partial charge in [0.1, 0.15) is 6.04 Å². The third-order valence-electron chi connectivity index (χ3n) is 2.51. The van der Waals surface area contributed by atoms with Crippen molar-refractivity contribution in [1.29, 1.82) is 0 Å². The molecule has 2 N–H and O–H groups in total. The maximum atomic E-state index is 11.8. The summed E-state index contributed by atoms with van der Waals surface area (Å²) < 4.78 is 0. The Bertz CT molecular complexity index is 457. The molecule has 1 atom stereocenters. The summed E-state index contributed by atoms with van der Waals surface area (Å²) in [5, 5.41) is 14.1. The van der Waals surface area contributed by atoms with Gasteiger partial charge in [-0.25, -0.2) is 9.78 Å². The summed E-state index contributed by atoms with van der Waals surface area (Å²) in [7, 11) is 3.75. The fourth-order valence-electron chi connectivity index (χ4n) is 1.49. The molecule has 0 aliphatic heterocycles. The van der Waals surface area contributed by atoms with Gasteiger partial charge in [0.15, 0.2) is 5.13 Å². The van der Waals surface area contributed by atoms with Gasteiger partial charge in [0.05, 0.1) is 12.1 Å². The van der Waals surface area contributed by atoms with E-state index < -0.39 is 12.0 Å². The lowest BCUT2D eigenvalue weighted by molar-refractivity contribution is -0.143. The third-order valence-corrected chi connectivity index (χ3v) is 3.57. The second kappa shape index (κ2) is 6.51. The summed E-state index contributed by atoms with van der Waals surface area (Å²) in [6.07, 6.45) is 0.0981. The molecule has 1 aromatic rings. The number of hydrogen-bond donors (Lipinski definition) is 2. The number of carboxylic acid groups (broad SMARTS) is 1. The molecule has 1 amide bonds. The first-order chi connectivity index (χ1) is 8.81. The molecule has 6 nitrogen and oxygen atoms in total. The van der Waals surface area contributed by atoms with Crippen LogP contribution in [0.1, 0.15) is 19.5 Å². The van der Waals surface area contributed by atoms with E-state index in [1.165, 1.54) is 11.3 Å². The smallest absolute Gasteiger partial charge is 0.326 e. The van der Waals surface area contributed by atoms with Crippen LogP contribution in [-0.4, -0.2) is 42.1 Å². The van der Waals surface area contributed by atoms with E-state index in [-0.39, 0.29) is 18.2 Å². The van der Waals surface area contributed by atoms with Crippen molar-refractivity contribution in [2.24, 2.45) is 5.92 Å². The van der Waals surface area contributed by atoms with Gasteiger partial charge in [0.2, 0.25) is 5.91 Å². The molecule has 7 heteroatoms. The SMILES string of the molecule is CC(C)C(NC(=O)Cc1csc(N(C)C)n1)C(=O)O. The third kappa shape index (κ3) is 4.51. The minimum Gasteiger partial charge on any atom is -0.480 e. The van der Waals surface area contributed by atoms with Crippen molar-refractivity contribution >= 4 is 28.3 Å². The Kier molecular flexibility index (Phi) is 5.29. The number of amides is 1. The number of anilines is 1. The van der Waals surface area contributed by atoms with Crippen LogP contribution in [0.25, 0.3) is 0 Å². The summed E-state index contributed by atoms with van der Waals surface area (Å²) in [6.45, 7) is 3.51. The molecule has 0 radical (unpaired) electrons. The summed E-state index contributed by atoms with van der Waals surface area (Å²) in [6, 6.07) is -0.862. The zero-order valence-electron chi connectivity index (χ0n) is 11.5. The molecule has 0 fully saturated rings. The minimum atomic E-state index is -1.02. The Morgan fingerprint density at radius 2 is 2.11 bits per heavy atom. The van der Waals surface area contributed by atoms with Crippen LogP contribution in [0.15, 0.2) is 5.38 Å². The number of nitrogens with zero attached hydrogens (tertiary/aromatic N) is 2. The van der Waals surface area contributed by atoms with Gasteiger partial charge in [-0.3, -0.25) is 4.79 Å². The zero-order chi connectivity index (χ0) is 14.6. The molecule has 0 bridgehead atoms. The van der Waals surface area contributed by atoms with Crippen molar-refractivity contribution < 1.29 is 14.7 Å². The van der Waals surface area contributed by atoms with E-state index in [2.05, 4.69) is 10.3 Å². The van der Waals surface area contributed by atoms with Crippen molar-refractivity contribution in [2.75, 3.05) is 19.0 Å². The van der Waals surface area contributed by atoms with Crippen molar-refractivity contribution in [1.82, 2.24) is 10.3 Å². The van der Waals surface area contributed by atoms with Gasteiger partial charge in [0, 0.05) is 19.5 Å². The fourth-order valence-corrected chi connectivity index (χ4v) is 2.24. The summed E-state index contributed by atoms with van der Waals surface area (Å²) in [5.41, 5.74) is 0.652. The molecule has 19 heavy (non-hydrogen) atoms. The highest BCUT2D eigenvalue weighted by molar-refractivity contribution is 7.13. The monoisotopic (exact) mass is 285 g/mol. The fraction of sp³-hybridized carbons (Fsp3) is 0.583. The van der Waals surface area contributed by atoms with Gasteiger partial charge in [-0.1, -0.05) is 13.8 Å². The van der Waals surface area contributed by atoms with Crippen LogP contribution in [0, 0.1) is 5.92 Å². The van der Waals surface area contributed by atoms with Crippen LogP contribution >= 0.6 is 11.3 Å². The molecule has 1 aromatic heterocycles. The number of carbonyl (C=O) groups is 2. The summed E-state index contributed by atoms with van der Waals surface area (Å²) in [4.78, 5) is 28.9. The maximum absolute atomic E-state index is 11.8. The zero-order valence-corrected chi connectivity index (χ0v) is 12.3. The Morgan fingerprint density at radius 3 is 2.53 bits per heavy atom. The van der Waals surface area contributed by atoms with Crippen LogP contribution in [0.3, 0.4) is 0 Å². The van der Waals surface area contributed by atoms with E-state index in [0.717, 1.165) is 5.13 Å². The van der Waals surface area contributed by atoms with Gasteiger partial charge in [0.25, 0.3) is 0 Å². The number of aliphatic carboxylic acids is 1. The van der Waals surface area contributed by atoms with E-state index >= 15 is 0 Å². The van der Waals surface area contributed by atoms with Crippen LogP contribution < -0.4 is 10.2 Å². The summed E-state index contributed by atoms with van der Waals surface area (Å²) in [5.74, 6) is -1.50. The highest BCUT2D eigenvalue weighted by Gasteiger charge is 2.23. The van der Waals surface area contributed by atoms with Crippen LogP contribution in [0.5, 0.6) is 0 Å². The predicted molar refractivity (Wildman–Crippen MR) is 74.5 cm³/mol. The predicted octanol–water partition coefficient (Wildman–Crippen LogP) is 0.977. The molecular weight excluding hydrogens is 266 g/mol. The first-order valence-electron chi connectivity index (χ1n) is 5.95. The first kappa shape index (κ1) is 15.4. The van der Waals surface area contributed by atoms with Gasteiger partial charge >= 0.3 is 5.97 Å². The Hall–Kier alpha value is -1.63. The minimum absolute atomic E-state index is 0.0981. The number of aromatic nitrogens is 1. The molecular formula is C12H19N3O3S. The van der Waals surface area contributed by atoms with E-state index in [1.807, 2.05) is 19.0 Å². The normalized spacial score (nSPS) is 12.3. The van der Waals surface area contributed by atoms with Gasteiger partial charge in [-0.15, -0.1) is 11.3 Å². The molecule has 0 saturated carbocycles. The largest absolute Gasteiger partial charge is 0.480 e. The van der Waals surface area contributed by atoms with E-state index in [4.69, 9.17) is 5.11 Å². The van der Waals surface area contributed by atoms with Crippen LogP contribution in [0.2, 0.25) is 0 Å². The van der Waals surface area contributed by atoms with Crippen molar-refractivity contribution in [2.45, 2.75) is 26.3 Å². The van der Waals surface area contributed by atoms with Crippen molar-refractivity contribution in [3.63, 3.8) is 0 Å². The second-order valence-electron chi connectivity index (χ2n) is 4.82. The van der Waals surface area contributed by atoms with Gasteiger partial charge in [-0.2, -0.15) is 0 Å². The average molecular weight is 285 g/mol. The van der Waals surface area contributed by atoms with Crippen LogP contribution in [-0.2, 0) is 16.0 Å². The lowest BCUT2D eigenvalue weighted by Crippen LogP contribution is -2.44. The molecule has 0 aliphatic carbocycles.